The molecule has 1 atom stereocenters. The standard InChI is InChI=1S/C13H19NO3S/c1-8-5-14-11(10(3)12(8)17-4)7-18-6-9(2)13(15)16/h5,9H,6-7H2,1-4H3,(H,15,16). The zero-order chi connectivity index (χ0) is 13.7. The second-order valence-corrected chi connectivity index (χ2v) is 5.33. The van der Waals surface area contributed by atoms with Crippen molar-refractivity contribution in [1.82, 2.24) is 4.98 Å². The van der Waals surface area contributed by atoms with Gasteiger partial charge in [0.05, 0.1) is 18.7 Å². The second kappa shape index (κ2) is 6.64. The molecule has 1 N–H and O–H groups in total. The number of hydrogen-bond acceptors (Lipinski definition) is 4. The smallest absolute Gasteiger partial charge is 0.307 e. The molecule has 0 fully saturated rings. The monoisotopic (exact) mass is 269 g/mol. The molecule has 1 heterocycles. The van der Waals surface area contributed by atoms with E-state index in [2.05, 4.69) is 4.98 Å². The van der Waals surface area contributed by atoms with Crippen molar-refractivity contribution in [3.05, 3.63) is 23.0 Å². The minimum atomic E-state index is -0.756. The van der Waals surface area contributed by atoms with Gasteiger partial charge in [0.25, 0.3) is 0 Å². The number of carboxylic acids is 1. The summed E-state index contributed by atoms with van der Waals surface area (Å²) in [5, 5.41) is 8.80. The van der Waals surface area contributed by atoms with Crippen LogP contribution in [0.25, 0.3) is 0 Å². The Bertz CT molecular complexity index is 434. The Balaban J connectivity index is 2.66. The van der Waals surface area contributed by atoms with E-state index in [9.17, 15) is 4.79 Å². The number of hydrogen-bond donors (Lipinski definition) is 1. The highest BCUT2D eigenvalue weighted by atomic mass is 32.2. The van der Waals surface area contributed by atoms with Crippen molar-refractivity contribution >= 4 is 17.7 Å². The van der Waals surface area contributed by atoms with Crippen LogP contribution in [0.4, 0.5) is 0 Å². The van der Waals surface area contributed by atoms with Crippen molar-refractivity contribution in [2.24, 2.45) is 5.92 Å². The van der Waals surface area contributed by atoms with Crippen LogP contribution in [0, 0.1) is 19.8 Å². The third kappa shape index (κ3) is 3.63. The van der Waals surface area contributed by atoms with Gasteiger partial charge in [0, 0.05) is 28.8 Å². The molecule has 0 spiro atoms. The van der Waals surface area contributed by atoms with Crippen LogP contribution in [0.2, 0.25) is 0 Å². The van der Waals surface area contributed by atoms with E-state index in [0.29, 0.717) is 11.5 Å². The average Bonchev–Trinajstić information content (AvgIpc) is 2.32. The maximum atomic E-state index is 10.7. The zero-order valence-electron chi connectivity index (χ0n) is 11.2. The van der Waals surface area contributed by atoms with Crippen LogP contribution in [0.15, 0.2) is 6.20 Å². The first-order valence-corrected chi connectivity index (χ1v) is 6.92. The van der Waals surface area contributed by atoms with Crippen LogP contribution in [0.3, 0.4) is 0 Å². The van der Waals surface area contributed by atoms with Crippen molar-refractivity contribution in [3.8, 4) is 5.75 Å². The molecule has 1 aromatic heterocycles. The van der Waals surface area contributed by atoms with Crippen molar-refractivity contribution in [2.45, 2.75) is 26.5 Å². The lowest BCUT2D eigenvalue weighted by molar-refractivity contribution is -0.140. The van der Waals surface area contributed by atoms with E-state index in [-0.39, 0.29) is 5.92 Å². The molecule has 4 nitrogen and oxygen atoms in total. The fraction of sp³-hybridized carbons (Fsp3) is 0.538. The van der Waals surface area contributed by atoms with Crippen LogP contribution >= 0.6 is 11.8 Å². The quantitative estimate of drug-likeness (QED) is 0.860. The van der Waals surface area contributed by atoms with Gasteiger partial charge in [-0.05, 0) is 13.8 Å². The van der Waals surface area contributed by atoms with Gasteiger partial charge < -0.3 is 9.84 Å². The Morgan fingerprint density at radius 2 is 2.22 bits per heavy atom. The summed E-state index contributed by atoms with van der Waals surface area (Å²) >= 11 is 1.58. The SMILES string of the molecule is COc1c(C)cnc(CSCC(C)C(=O)O)c1C. The van der Waals surface area contributed by atoms with E-state index in [1.807, 2.05) is 13.8 Å². The third-order valence-electron chi connectivity index (χ3n) is 2.78. The molecule has 5 heteroatoms. The number of carbonyl (C=O) groups is 1. The summed E-state index contributed by atoms with van der Waals surface area (Å²) in [6.07, 6.45) is 1.79. The first kappa shape index (κ1) is 14.8. The van der Waals surface area contributed by atoms with Gasteiger partial charge in [-0.25, -0.2) is 0 Å². The van der Waals surface area contributed by atoms with Crippen LogP contribution in [0.1, 0.15) is 23.7 Å². The number of pyridine rings is 1. The number of thioether (sulfide) groups is 1. The van der Waals surface area contributed by atoms with Crippen LogP contribution in [-0.2, 0) is 10.5 Å². The van der Waals surface area contributed by atoms with E-state index in [4.69, 9.17) is 9.84 Å². The fourth-order valence-corrected chi connectivity index (χ4v) is 2.72. The summed E-state index contributed by atoms with van der Waals surface area (Å²) < 4.78 is 5.34. The fourth-order valence-electron chi connectivity index (χ4n) is 1.62. The summed E-state index contributed by atoms with van der Waals surface area (Å²) in [5.74, 6) is 1.08. The maximum Gasteiger partial charge on any atom is 0.307 e. The lowest BCUT2D eigenvalue weighted by Crippen LogP contribution is -2.12. The largest absolute Gasteiger partial charge is 0.496 e. The number of carboxylic acid groups (broad SMARTS) is 1. The summed E-state index contributed by atoms with van der Waals surface area (Å²) in [6, 6.07) is 0. The average molecular weight is 269 g/mol. The van der Waals surface area contributed by atoms with Crippen molar-refractivity contribution in [3.63, 3.8) is 0 Å². The Hall–Kier alpha value is -1.23. The number of aliphatic carboxylic acids is 1. The molecule has 0 aliphatic carbocycles. The molecule has 0 aromatic carbocycles. The topological polar surface area (TPSA) is 59.4 Å². The Kier molecular flexibility index (Phi) is 5.47. The Morgan fingerprint density at radius 3 is 2.78 bits per heavy atom. The molecule has 1 rings (SSSR count). The molecule has 0 saturated heterocycles. The minimum absolute atomic E-state index is 0.331. The van der Waals surface area contributed by atoms with Gasteiger partial charge in [-0.1, -0.05) is 6.92 Å². The first-order valence-electron chi connectivity index (χ1n) is 5.77. The number of ether oxygens (including phenoxy) is 1. The van der Waals surface area contributed by atoms with Gasteiger partial charge in [-0.2, -0.15) is 11.8 Å². The summed E-state index contributed by atoms with van der Waals surface area (Å²) in [5.41, 5.74) is 3.01. The lowest BCUT2D eigenvalue weighted by atomic mass is 10.1. The molecule has 0 radical (unpaired) electrons. The van der Waals surface area contributed by atoms with E-state index in [0.717, 1.165) is 22.6 Å². The summed E-state index contributed by atoms with van der Waals surface area (Å²) in [4.78, 5) is 15.1. The Morgan fingerprint density at radius 1 is 1.56 bits per heavy atom. The van der Waals surface area contributed by atoms with Gasteiger partial charge in [-0.3, -0.25) is 9.78 Å². The molecule has 18 heavy (non-hydrogen) atoms. The van der Waals surface area contributed by atoms with Crippen molar-refractivity contribution in [2.75, 3.05) is 12.9 Å². The molecular weight excluding hydrogens is 250 g/mol. The predicted molar refractivity (Wildman–Crippen MR) is 73.2 cm³/mol. The molecule has 1 aromatic rings. The molecule has 0 saturated carbocycles. The van der Waals surface area contributed by atoms with Gasteiger partial charge in [-0.15, -0.1) is 0 Å². The normalized spacial score (nSPS) is 12.2. The second-order valence-electron chi connectivity index (χ2n) is 4.30. The van der Waals surface area contributed by atoms with E-state index < -0.39 is 5.97 Å². The molecule has 0 aliphatic heterocycles. The molecule has 0 bridgehead atoms. The molecular formula is C13H19NO3S. The molecule has 1 unspecified atom stereocenters. The zero-order valence-corrected chi connectivity index (χ0v) is 12.0. The van der Waals surface area contributed by atoms with Crippen LogP contribution < -0.4 is 4.74 Å². The van der Waals surface area contributed by atoms with Gasteiger partial charge in [0.1, 0.15) is 5.75 Å². The number of nitrogens with zero attached hydrogens (tertiary/aromatic N) is 1. The van der Waals surface area contributed by atoms with E-state index >= 15 is 0 Å². The Labute approximate surface area is 112 Å². The summed E-state index contributed by atoms with van der Waals surface area (Å²) in [7, 11) is 1.65. The number of methoxy groups -OCH3 is 1. The number of aromatic nitrogens is 1. The number of rotatable bonds is 6. The van der Waals surface area contributed by atoms with Crippen molar-refractivity contribution < 1.29 is 14.6 Å². The van der Waals surface area contributed by atoms with Gasteiger partial charge in [0.2, 0.25) is 0 Å². The van der Waals surface area contributed by atoms with Crippen LogP contribution in [-0.4, -0.2) is 28.9 Å². The molecule has 0 amide bonds. The van der Waals surface area contributed by atoms with Gasteiger partial charge in [0.15, 0.2) is 0 Å². The third-order valence-corrected chi connectivity index (χ3v) is 3.99. The highest BCUT2D eigenvalue weighted by molar-refractivity contribution is 7.98. The number of aryl methyl sites for hydroxylation is 1. The lowest BCUT2D eigenvalue weighted by Gasteiger charge is -2.12. The molecule has 100 valence electrons. The first-order chi connectivity index (χ1) is 8.47. The maximum absolute atomic E-state index is 10.7. The van der Waals surface area contributed by atoms with E-state index in [1.165, 1.54) is 0 Å². The predicted octanol–water partition coefficient (Wildman–Crippen LogP) is 2.66. The highest BCUT2D eigenvalue weighted by Crippen LogP contribution is 2.26. The van der Waals surface area contributed by atoms with Gasteiger partial charge >= 0.3 is 5.97 Å². The van der Waals surface area contributed by atoms with Crippen molar-refractivity contribution in [1.29, 1.82) is 0 Å². The molecule has 0 aliphatic rings. The highest BCUT2D eigenvalue weighted by Gasteiger charge is 2.13. The minimum Gasteiger partial charge on any atom is -0.496 e. The van der Waals surface area contributed by atoms with E-state index in [1.54, 1.807) is 32.0 Å². The summed E-state index contributed by atoms with van der Waals surface area (Å²) in [6.45, 7) is 5.66. The van der Waals surface area contributed by atoms with Crippen LogP contribution in [0.5, 0.6) is 5.75 Å².